The van der Waals surface area contributed by atoms with E-state index in [1.807, 2.05) is 0 Å². The van der Waals surface area contributed by atoms with Crippen molar-refractivity contribution in [3.8, 4) is 0 Å². The molecule has 3 saturated carbocycles. The van der Waals surface area contributed by atoms with Gasteiger partial charge in [0.05, 0.1) is 18.8 Å². The average molecular weight is 817 g/mol. The molecule has 6 fully saturated rings. The molecule has 0 amide bonds. The van der Waals surface area contributed by atoms with Crippen molar-refractivity contribution in [2.45, 2.75) is 168 Å². The van der Waals surface area contributed by atoms with Crippen LogP contribution in [0.2, 0.25) is 0 Å². The average Bonchev–Trinajstić information content (AvgIpc) is 3.59. The number of esters is 5. The lowest BCUT2D eigenvalue weighted by Crippen LogP contribution is -2.71. The normalized spacial score (nSPS) is 43.7. The highest BCUT2D eigenvalue weighted by atomic mass is 16.8. The van der Waals surface area contributed by atoms with E-state index in [0.717, 1.165) is 65.4 Å². The molecule has 0 radical (unpaired) electrons. The van der Waals surface area contributed by atoms with Gasteiger partial charge in [0.15, 0.2) is 36.0 Å². The van der Waals surface area contributed by atoms with Gasteiger partial charge in [-0.1, -0.05) is 39.3 Å². The van der Waals surface area contributed by atoms with Gasteiger partial charge < -0.3 is 42.6 Å². The minimum absolute atomic E-state index is 0.0318. The van der Waals surface area contributed by atoms with Crippen LogP contribution in [-0.2, 0) is 66.6 Å². The van der Waals surface area contributed by atoms with Crippen LogP contribution in [-0.4, -0.2) is 97.9 Å². The number of carbonyl (C=O) groups is 5. The summed E-state index contributed by atoms with van der Waals surface area (Å²) in [6.45, 7) is 15.1. The number of fused-ring (bicyclic) bond motifs is 7. The van der Waals surface area contributed by atoms with Crippen LogP contribution in [0.4, 0.5) is 0 Å². The second-order valence-corrected chi connectivity index (χ2v) is 19.1. The van der Waals surface area contributed by atoms with E-state index in [9.17, 15) is 24.0 Å². The van der Waals surface area contributed by atoms with Gasteiger partial charge >= 0.3 is 29.8 Å². The molecule has 0 bridgehead atoms. The predicted molar refractivity (Wildman–Crippen MR) is 204 cm³/mol. The molecule has 7 rings (SSSR count). The van der Waals surface area contributed by atoms with Gasteiger partial charge in [0, 0.05) is 47.0 Å². The smallest absolute Gasteiger partial charge is 0.303 e. The number of ether oxygens (including phenoxy) is 9. The third-order valence-corrected chi connectivity index (χ3v) is 15.3. The molecule has 14 nitrogen and oxygen atoms in total. The molecule has 7 aliphatic rings. The first-order chi connectivity index (χ1) is 27.3. The molecule has 3 saturated heterocycles. The van der Waals surface area contributed by atoms with Crippen molar-refractivity contribution >= 4 is 29.8 Å². The van der Waals surface area contributed by atoms with E-state index in [4.69, 9.17) is 42.6 Å². The van der Waals surface area contributed by atoms with E-state index < -0.39 is 85.2 Å². The molecule has 3 aliphatic heterocycles. The number of hydrogen-bond acceptors (Lipinski definition) is 14. The topological polar surface area (TPSA) is 168 Å². The Balaban J connectivity index is 1.13. The fraction of sp³-hybridized carbons (Fsp3) is 0.841. The Morgan fingerprint density at radius 2 is 1.41 bits per heavy atom. The Labute approximate surface area is 342 Å². The van der Waals surface area contributed by atoms with E-state index in [1.165, 1.54) is 26.3 Å². The van der Waals surface area contributed by atoms with E-state index in [-0.39, 0.29) is 16.9 Å². The monoisotopic (exact) mass is 816 g/mol. The second kappa shape index (κ2) is 16.1. The maximum absolute atomic E-state index is 12.6. The zero-order valence-corrected chi connectivity index (χ0v) is 35.7. The van der Waals surface area contributed by atoms with Crippen LogP contribution in [0.5, 0.6) is 0 Å². The summed E-state index contributed by atoms with van der Waals surface area (Å²) in [7, 11) is 0. The number of allylic oxidation sites excluding steroid dienone is 1. The Bertz CT molecular complexity index is 1630. The Hall–Kier alpha value is -3.07. The van der Waals surface area contributed by atoms with Crippen molar-refractivity contribution < 1.29 is 66.6 Å². The van der Waals surface area contributed by atoms with Gasteiger partial charge in [-0.05, 0) is 91.8 Å². The van der Waals surface area contributed by atoms with Crippen LogP contribution in [0, 0.1) is 46.3 Å². The van der Waals surface area contributed by atoms with Crippen LogP contribution in [0.15, 0.2) is 11.6 Å². The number of carbonyl (C=O) groups excluding carboxylic acids is 5. The first-order valence-electron chi connectivity index (χ1n) is 21.4. The number of rotatable bonds is 9. The summed E-state index contributed by atoms with van der Waals surface area (Å²) in [5.41, 5.74) is -0.404. The second-order valence-electron chi connectivity index (χ2n) is 19.1. The molecule has 0 unspecified atom stereocenters. The third-order valence-electron chi connectivity index (χ3n) is 15.3. The van der Waals surface area contributed by atoms with Gasteiger partial charge in [-0.3, -0.25) is 24.0 Å². The Kier molecular flexibility index (Phi) is 11.9. The molecule has 58 heavy (non-hydrogen) atoms. The molecule has 3 heterocycles. The van der Waals surface area contributed by atoms with Gasteiger partial charge in [0.1, 0.15) is 13.2 Å². The lowest BCUT2D eigenvalue weighted by atomic mass is 9.47. The summed E-state index contributed by atoms with van der Waals surface area (Å²) in [6, 6.07) is 0. The highest BCUT2D eigenvalue weighted by Crippen LogP contribution is 2.70. The SMILES string of the molecule is CC(=O)OCC1(COC(C)=O)O[C@@H](O[C@H]2CC[C@@]3(C)C(=CC[C@H]4[C@@H]5C[C@@H]6O[C@@]7(CC[C@@H](C)CO7)[C@@H](C)[C@@H]6[C@@]5(C)CC[C@@H]43)C2)[C@H](OC(C)=O)[C@@H](OC(C)=O)[C@@H]1OC(C)=O. The standard InChI is InChI=1S/C44H64O14/c1-23-12-17-44(52-20-23)24(2)36-35(57-44)19-34-32-11-10-30-18-31(13-15-41(30,8)33(32)14-16-42(34,36)9)56-40-38(54-28(6)48)37(53-27(5)47)39(55-29(7)49)43(58-40,21-50-25(3)45)22-51-26(4)46/h10,23-24,31-40H,11-22H2,1-9H3/t23-,24+,31+,32-,33+,34+,35+,36+,37-,38-,39+,40-,41+,42+,44+/m1/s1. The molecule has 15 atom stereocenters. The molecule has 14 heteroatoms. The summed E-state index contributed by atoms with van der Waals surface area (Å²) in [6.07, 6.45) is 5.10. The Morgan fingerprint density at radius 3 is 2.02 bits per heavy atom. The van der Waals surface area contributed by atoms with Crippen LogP contribution < -0.4 is 0 Å². The lowest BCUT2D eigenvalue weighted by Gasteiger charge is -2.59. The first kappa shape index (κ1) is 43.0. The molecule has 1 spiro atoms. The number of hydrogen-bond donors (Lipinski definition) is 0. The fourth-order valence-corrected chi connectivity index (χ4v) is 12.8. The van der Waals surface area contributed by atoms with Crippen molar-refractivity contribution in [2.24, 2.45) is 46.3 Å². The minimum atomic E-state index is -1.90. The maximum atomic E-state index is 12.6. The molecule has 0 N–H and O–H groups in total. The third kappa shape index (κ3) is 7.73. The van der Waals surface area contributed by atoms with E-state index in [2.05, 4.69) is 33.8 Å². The van der Waals surface area contributed by atoms with Crippen molar-refractivity contribution in [3.63, 3.8) is 0 Å². The van der Waals surface area contributed by atoms with Crippen LogP contribution in [0.1, 0.15) is 120 Å². The van der Waals surface area contributed by atoms with E-state index >= 15 is 0 Å². The first-order valence-corrected chi connectivity index (χ1v) is 21.4. The van der Waals surface area contributed by atoms with Crippen LogP contribution >= 0.6 is 0 Å². The van der Waals surface area contributed by atoms with Gasteiger partial charge in [0.25, 0.3) is 0 Å². The van der Waals surface area contributed by atoms with E-state index in [0.29, 0.717) is 48.3 Å². The summed E-state index contributed by atoms with van der Waals surface area (Å²) in [4.78, 5) is 62.0. The van der Waals surface area contributed by atoms with Crippen molar-refractivity contribution in [2.75, 3.05) is 19.8 Å². The predicted octanol–water partition coefficient (Wildman–Crippen LogP) is 5.75. The van der Waals surface area contributed by atoms with Gasteiger partial charge in [-0.15, -0.1) is 0 Å². The molecule has 0 aromatic carbocycles. The van der Waals surface area contributed by atoms with Gasteiger partial charge in [-0.25, -0.2) is 0 Å². The van der Waals surface area contributed by atoms with E-state index in [1.54, 1.807) is 0 Å². The van der Waals surface area contributed by atoms with Crippen LogP contribution in [0.3, 0.4) is 0 Å². The zero-order chi connectivity index (χ0) is 41.9. The summed E-state index contributed by atoms with van der Waals surface area (Å²) >= 11 is 0. The minimum Gasteiger partial charge on any atom is -0.462 e. The molecule has 0 aromatic rings. The molecule has 4 aliphatic carbocycles. The van der Waals surface area contributed by atoms with Gasteiger partial charge in [-0.2, -0.15) is 0 Å². The van der Waals surface area contributed by atoms with Crippen molar-refractivity contribution in [3.05, 3.63) is 11.6 Å². The maximum Gasteiger partial charge on any atom is 0.303 e. The Morgan fingerprint density at radius 1 is 0.759 bits per heavy atom. The highest BCUT2D eigenvalue weighted by Gasteiger charge is 2.69. The summed E-state index contributed by atoms with van der Waals surface area (Å²) in [5, 5.41) is 0. The quantitative estimate of drug-likeness (QED) is 0.157. The lowest BCUT2D eigenvalue weighted by molar-refractivity contribution is -0.355. The summed E-state index contributed by atoms with van der Waals surface area (Å²) < 4.78 is 54.7. The highest BCUT2D eigenvalue weighted by molar-refractivity contribution is 5.69. The molecule has 0 aromatic heterocycles. The van der Waals surface area contributed by atoms with Crippen LogP contribution in [0.25, 0.3) is 0 Å². The van der Waals surface area contributed by atoms with Crippen molar-refractivity contribution in [1.29, 1.82) is 0 Å². The largest absolute Gasteiger partial charge is 0.462 e. The fourth-order valence-electron chi connectivity index (χ4n) is 12.8. The molecule has 324 valence electrons. The zero-order valence-electron chi connectivity index (χ0n) is 35.7. The molecular formula is C44H64O14. The molecular weight excluding hydrogens is 752 g/mol. The summed E-state index contributed by atoms with van der Waals surface area (Å²) in [5.74, 6) is -1.04. The van der Waals surface area contributed by atoms with Crippen molar-refractivity contribution in [1.82, 2.24) is 0 Å². The van der Waals surface area contributed by atoms with Gasteiger partial charge in [0.2, 0.25) is 0 Å².